The van der Waals surface area contributed by atoms with Crippen LogP contribution in [0, 0.1) is 5.82 Å². The Morgan fingerprint density at radius 2 is 2.11 bits per heavy atom. The lowest BCUT2D eigenvalue weighted by Crippen LogP contribution is -2.09. The molecule has 0 aliphatic heterocycles. The zero-order valence-electron chi connectivity index (χ0n) is 9.38. The van der Waals surface area contributed by atoms with E-state index in [4.69, 9.17) is 0 Å². The molecule has 0 N–H and O–H groups in total. The van der Waals surface area contributed by atoms with Crippen LogP contribution in [-0.4, -0.2) is 19.7 Å². The fraction of sp³-hybridized carbons (Fsp3) is 0.364. The standard InChI is InChI=1S/C11H10BrF3O3/c1-17-9(16)4-6-2-7(5-12)10(13)8(3-6)18-11(14)15/h2-3,11H,4-5H2,1H3. The summed E-state index contributed by atoms with van der Waals surface area (Å²) in [4.78, 5) is 11.1. The van der Waals surface area contributed by atoms with Crippen LogP contribution in [0.1, 0.15) is 11.1 Å². The molecule has 18 heavy (non-hydrogen) atoms. The Bertz CT molecular complexity index is 438. The Balaban J connectivity index is 3.09. The third kappa shape index (κ3) is 3.90. The van der Waals surface area contributed by atoms with Crippen LogP contribution < -0.4 is 4.74 Å². The number of methoxy groups -OCH3 is 1. The molecule has 0 atom stereocenters. The summed E-state index contributed by atoms with van der Waals surface area (Å²) in [6.07, 6.45) is -0.142. The van der Waals surface area contributed by atoms with Crippen molar-refractivity contribution in [2.45, 2.75) is 18.4 Å². The van der Waals surface area contributed by atoms with Crippen LogP contribution in [0.25, 0.3) is 0 Å². The molecule has 0 aliphatic rings. The monoisotopic (exact) mass is 326 g/mol. The van der Waals surface area contributed by atoms with Gasteiger partial charge < -0.3 is 9.47 Å². The fourth-order valence-corrected chi connectivity index (χ4v) is 1.75. The molecule has 7 heteroatoms. The second kappa shape index (κ2) is 6.63. The predicted octanol–water partition coefficient (Wildman–Crippen LogP) is 3.04. The average Bonchev–Trinajstić information content (AvgIpc) is 2.32. The lowest BCUT2D eigenvalue weighted by molar-refractivity contribution is -0.139. The van der Waals surface area contributed by atoms with E-state index in [2.05, 4.69) is 25.4 Å². The third-order valence-electron chi connectivity index (χ3n) is 2.11. The zero-order chi connectivity index (χ0) is 13.7. The van der Waals surface area contributed by atoms with E-state index < -0.39 is 24.1 Å². The lowest BCUT2D eigenvalue weighted by atomic mass is 10.1. The molecular weight excluding hydrogens is 317 g/mol. The van der Waals surface area contributed by atoms with Gasteiger partial charge in [0.1, 0.15) is 0 Å². The van der Waals surface area contributed by atoms with Crippen molar-refractivity contribution in [2.24, 2.45) is 0 Å². The molecule has 0 radical (unpaired) electrons. The molecule has 1 aromatic carbocycles. The van der Waals surface area contributed by atoms with E-state index in [1.165, 1.54) is 13.2 Å². The Morgan fingerprint density at radius 3 is 2.61 bits per heavy atom. The van der Waals surface area contributed by atoms with Gasteiger partial charge in [-0.15, -0.1) is 0 Å². The van der Waals surface area contributed by atoms with Gasteiger partial charge in [0.05, 0.1) is 13.5 Å². The third-order valence-corrected chi connectivity index (χ3v) is 2.71. The average molecular weight is 327 g/mol. The Morgan fingerprint density at radius 1 is 1.44 bits per heavy atom. The molecular formula is C11H10BrF3O3. The number of hydrogen-bond acceptors (Lipinski definition) is 3. The van der Waals surface area contributed by atoms with Crippen molar-refractivity contribution < 1.29 is 27.4 Å². The minimum atomic E-state index is -3.13. The molecule has 0 fully saturated rings. The first-order valence-electron chi connectivity index (χ1n) is 4.86. The molecule has 0 heterocycles. The number of esters is 1. The van der Waals surface area contributed by atoms with Gasteiger partial charge in [-0.3, -0.25) is 4.79 Å². The van der Waals surface area contributed by atoms with E-state index >= 15 is 0 Å². The highest BCUT2D eigenvalue weighted by Gasteiger charge is 2.16. The van der Waals surface area contributed by atoms with E-state index in [1.807, 2.05) is 0 Å². The van der Waals surface area contributed by atoms with Crippen molar-refractivity contribution >= 4 is 21.9 Å². The van der Waals surface area contributed by atoms with E-state index in [-0.39, 0.29) is 17.3 Å². The molecule has 0 saturated carbocycles. The molecule has 1 aromatic rings. The number of rotatable bonds is 5. The van der Waals surface area contributed by atoms with E-state index in [9.17, 15) is 18.0 Å². The molecule has 0 spiro atoms. The van der Waals surface area contributed by atoms with Crippen LogP contribution in [-0.2, 0) is 21.3 Å². The number of carbonyl (C=O) groups is 1. The quantitative estimate of drug-likeness (QED) is 0.616. The maximum atomic E-state index is 13.6. The molecule has 0 bridgehead atoms. The first-order chi connectivity index (χ1) is 8.47. The van der Waals surface area contributed by atoms with Crippen molar-refractivity contribution in [1.29, 1.82) is 0 Å². The zero-order valence-corrected chi connectivity index (χ0v) is 11.0. The Hall–Kier alpha value is -1.24. The highest BCUT2D eigenvalue weighted by atomic mass is 79.9. The second-order valence-electron chi connectivity index (χ2n) is 3.33. The molecule has 100 valence electrons. The molecule has 0 aromatic heterocycles. The minimum Gasteiger partial charge on any atom is -0.469 e. The van der Waals surface area contributed by atoms with Gasteiger partial charge in [-0.25, -0.2) is 4.39 Å². The number of carbonyl (C=O) groups excluding carboxylic acids is 1. The number of ether oxygens (including phenoxy) is 2. The topological polar surface area (TPSA) is 35.5 Å². The summed E-state index contributed by atoms with van der Waals surface area (Å²) in [7, 11) is 1.20. The van der Waals surface area contributed by atoms with Gasteiger partial charge in [0.25, 0.3) is 0 Å². The van der Waals surface area contributed by atoms with Gasteiger partial charge in [0.15, 0.2) is 11.6 Å². The van der Waals surface area contributed by atoms with Crippen LogP contribution in [0.3, 0.4) is 0 Å². The lowest BCUT2D eigenvalue weighted by Gasteiger charge is -2.11. The van der Waals surface area contributed by atoms with E-state index in [1.54, 1.807) is 0 Å². The molecule has 0 unspecified atom stereocenters. The number of alkyl halides is 3. The SMILES string of the molecule is COC(=O)Cc1cc(CBr)c(F)c(OC(F)F)c1. The van der Waals surface area contributed by atoms with Crippen molar-refractivity contribution in [3.63, 3.8) is 0 Å². The van der Waals surface area contributed by atoms with Gasteiger partial charge in [0.2, 0.25) is 0 Å². The number of halogens is 4. The first-order valence-corrected chi connectivity index (χ1v) is 5.99. The summed E-state index contributed by atoms with van der Waals surface area (Å²) < 4.78 is 46.3. The molecule has 0 saturated heterocycles. The van der Waals surface area contributed by atoms with Crippen molar-refractivity contribution in [1.82, 2.24) is 0 Å². The molecule has 3 nitrogen and oxygen atoms in total. The van der Waals surface area contributed by atoms with Gasteiger partial charge >= 0.3 is 12.6 Å². The van der Waals surface area contributed by atoms with E-state index in [0.717, 1.165) is 6.07 Å². The van der Waals surface area contributed by atoms with Gasteiger partial charge in [-0.1, -0.05) is 22.0 Å². The smallest absolute Gasteiger partial charge is 0.387 e. The maximum absolute atomic E-state index is 13.6. The summed E-state index contributed by atoms with van der Waals surface area (Å²) in [5.74, 6) is -2.01. The Labute approximate surface area is 110 Å². The van der Waals surface area contributed by atoms with Crippen LogP contribution in [0.4, 0.5) is 13.2 Å². The predicted molar refractivity (Wildman–Crippen MR) is 61.4 cm³/mol. The highest BCUT2D eigenvalue weighted by molar-refractivity contribution is 9.08. The summed E-state index contributed by atoms with van der Waals surface area (Å²) >= 11 is 3.03. The molecule has 1 rings (SSSR count). The maximum Gasteiger partial charge on any atom is 0.387 e. The van der Waals surface area contributed by atoms with Gasteiger partial charge in [-0.05, 0) is 11.6 Å². The van der Waals surface area contributed by atoms with Crippen LogP contribution in [0.5, 0.6) is 5.75 Å². The van der Waals surface area contributed by atoms with Gasteiger partial charge in [0, 0.05) is 10.9 Å². The minimum absolute atomic E-state index is 0.118. The van der Waals surface area contributed by atoms with Crippen LogP contribution in [0.2, 0.25) is 0 Å². The summed E-state index contributed by atoms with van der Waals surface area (Å²) in [5, 5.41) is 0.118. The highest BCUT2D eigenvalue weighted by Crippen LogP contribution is 2.26. The summed E-state index contributed by atoms with van der Waals surface area (Å²) in [6.45, 7) is -3.13. The van der Waals surface area contributed by atoms with Crippen LogP contribution in [0.15, 0.2) is 12.1 Å². The fourth-order valence-electron chi connectivity index (χ4n) is 1.34. The number of benzene rings is 1. The number of hydrogen-bond donors (Lipinski definition) is 0. The Kier molecular flexibility index (Phi) is 5.46. The van der Waals surface area contributed by atoms with Gasteiger partial charge in [-0.2, -0.15) is 8.78 Å². The van der Waals surface area contributed by atoms with E-state index in [0.29, 0.717) is 5.56 Å². The first kappa shape index (κ1) is 14.8. The summed E-state index contributed by atoms with van der Waals surface area (Å²) in [5.41, 5.74) is 0.473. The molecule has 0 amide bonds. The van der Waals surface area contributed by atoms with Crippen molar-refractivity contribution in [2.75, 3.05) is 7.11 Å². The second-order valence-corrected chi connectivity index (χ2v) is 3.89. The largest absolute Gasteiger partial charge is 0.469 e. The molecule has 0 aliphatic carbocycles. The van der Waals surface area contributed by atoms with Crippen molar-refractivity contribution in [3.8, 4) is 5.75 Å². The normalized spacial score (nSPS) is 10.6. The summed E-state index contributed by atoms with van der Waals surface area (Å²) in [6, 6.07) is 2.45. The van der Waals surface area contributed by atoms with Crippen molar-refractivity contribution in [3.05, 3.63) is 29.1 Å². The van der Waals surface area contributed by atoms with Crippen LogP contribution >= 0.6 is 15.9 Å².